The fraction of sp³-hybridized carbons (Fsp3) is 0.130. The van der Waals surface area contributed by atoms with Crippen molar-refractivity contribution in [2.45, 2.75) is 13.5 Å². The average molecular weight is 372 g/mol. The van der Waals surface area contributed by atoms with Gasteiger partial charge in [0.1, 0.15) is 12.4 Å². The molecule has 3 aromatic carbocycles. The van der Waals surface area contributed by atoms with Crippen molar-refractivity contribution in [1.82, 2.24) is 9.97 Å². The monoisotopic (exact) mass is 372 g/mol. The summed E-state index contributed by atoms with van der Waals surface area (Å²) in [4.78, 5) is 19.8. The maximum absolute atomic E-state index is 12.4. The first-order valence-corrected chi connectivity index (χ1v) is 9.17. The van der Waals surface area contributed by atoms with Gasteiger partial charge in [-0.3, -0.25) is 4.79 Å². The third-order valence-electron chi connectivity index (χ3n) is 4.37. The van der Waals surface area contributed by atoms with Crippen LogP contribution in [0, 0.1) is 0 Å². The number of ether oxygens (including phenoxy) is 2. The van der Waals surface area contributed by atoms with E-state index in [9.17, 15) is 4.79 Å². The second-order valence-electron chi connectivity index (χ2n) is 6.30. The fourth-order valence-corrected chi connectivity index (χ4v) is 3.00. The zero-order valence-corrected chi connectivity index (χ0v) is 15.5. The van der Waals surface area contributed by atoms with E-state index in [2.05, 4.69) is 9.97 Å². The predicted octanol–water partition coefficient (Wildman–Crippen LogP) is 4.57. The van der Waals surface area contributed by atoms with Crippen molar-refractivity contribution in [2.75, 3.05) is 6.61 Å². The van der Waals surface area contributed by atoms with Crippen molar-refractivity contribution < 1.29 is 9.47 Å². The number of fused-ring (bicyclic) bond motifs is 1. The lowest BCUT2D eigenvalue weighted by Crippen LogP contribution is -2.09. The molecule has 0 aliphatic carbocycles. The molecule has 0 saturated carbocycles. The molecule has 0 bridgehead atoms. The fourth-order valence-electron chi connectivity index (χ4n) is 3.00. The Morgan fingerprint density at radius 1 is 0.893 bits per heavy atom. The minimum atomic E-state index is -0.164. The molecule has 5 nitrogen and oxygen atoms in total. The highest BCUT2D eigenvalue weighted by Crippen LogP contribution is 2.32. The van der Waals surface area contributed by atoms with Crippen molar-refractivity contribution in [3.05, 3.63) is 88.7 Å². The largest absolute Gasteiger partial charge is 0.490 e. The summed E-state index contributed by atoms with van der Waals surface area (Å²) in [5.74, 6) is 1.77. The molecule has 140 valence electrons. The van der Waals surface area contributed by atoms with Crippen LogP contribution in [0.15, 0.2) is 77.6 Å². The first kappa shape index (κ1) is 17.8. The van der Waals surface area contributed by atoms with Crippen molar-refractivity contribution in [3.63, 3.8) is 0 Å². The molecule has 0 aliphatic heterocycles. The number of aromatic amines is 1. The minimum absolute atomic E-state index is 0.164. The summed E-state index contributed by atoms with van der Waals surface area (Å²) in [7, 11) is 0. The Balaban J connectivity index is 1.67. The van der Waals surface area contributed by atoms with Crippen molar-refractivity contribution >= 4 is 10.9 Å². The van der Waals surface area contributed by atoms with Gasteiger partial charge in [-0.25, -0.2) is 4.98 Å². The summed E-state index contributed by atoms with van der Waals surface area (Å²) in [6.07, 6.45) is 0. The molecule has 0 spiro atoms. The molecule has 0 amide bonds. The van der Waals surface area contributed by atoms with Gasteiger partial charge in [0.05, 0.1) is 17.5 Å². The lowest BCUT2D eigenvalue weighted by Gasteiger charge is -2.13. The van der Waals surface area contributed by atoms with E-state index in [0.29, 0.717) is 41.4 Å². The third-order valence-corrected chi connectivity index (χ3v) is 4.37. The number of para-hydroxylation sites is 1. The predicted molar refractivity (Wildman–Crippen MR) is 110 cm³/mol. The van der Waals surface area contributed by atoms with Gasteiger partial charge in [-0.15, -0.1) is 0 Å². The van der Waals surface area contributed by atoms with E-state index in [1.54, 1.807) is 6.07 Å². The Kier molecular flexibility index (Phi) is 5.06. The summed E-state index contributed by atoms with van der Waals surface area (Å²) < 4.78 is 11.7. The minimum Gasteiger partial charge on any atom is -0.490 e. The molecule has 0 fully saturated rings. The van der Waals surface area contributed by atoms with Gasteiger partial charge < -0.3 is 14.5 Å². The van der Waals surface area contributed by atoms with Crippen LogP contribution in [0.2, 0.25) is 0 Å². The summed E-state index contributed by atoms with van der Waals surface area (Å²) in [6, 6.07) is 22.8. The smallest absolute Gasteiger partial charge is 0.259 e. The molecule has 1 N–H and O–H groups in total. The highest BCUT2D eigenvalue weighted by Gasteiger charge is 2.11. The number of H-pyrrole nitrogens is 1. The Hall–Kier alpha value is -3.60. The first-order chi connectivity index (χ1) is 13.7. The molecular weight excluding hydrogens is 352 g/mol. The number of aromatic nitrogens is 2. The number of rotatable bonds is 6. The van der Waals surface area contributed by atoms with E-state index in [-0.39, 0.29) is 5.56 Å². The quantitative estimate of drug-likeness (QED) is 0.539. The lowest BCUT2D eigenvalue weighted by molar-refractivity contribution is 0.269. The van der Waals surface area contributed by atoms with Crippen molar-refractivity contribution in [2.24, 2.45) is 0 Å². The Labute approximate surface area is 162 Å². The van der Waals surface area contributed by atoms with Crippen molar-refractivity contribution in [3.8, 4) is 22.9 Å². The average Bonchev–Trinajstić information content (AvgIpc) is 2.74. The lowest BCUT2D eigenvalue weighted by atomic mass is 10.1. The molecule has 28 heavy (non-hydrogen) atoms. The summed E-state index contributed by atoms with van der Waals surface area (Å²) in [5, 5.41) is 0.569. The summed E-state index contributed by atoms with van der Waals surface area (Å²) in [6.45, 7) is 2.88. The number of hydrogen-bond donors (Lipinski definition) is 1. The van der Waals surface area contributed by atoms with E-state index in [1.807, 2.05) is 73.7 Å². The third kappa shape index (κ3) is 3.74. The summed E-state index contributed by atoms with van der Waals surface area (Å²) in [5.41, 5.74) is 2.33. The Bertz CT molecular complexity index is 1150. The SMILES string of the molecule is CCOc1cc(-c2nc3ccccc3c(=O)[nH]2)ccc1OCc1ccccc1. The zero-order chi connectivity index (χ0) is 19.3. The van der Waals surface area contributed by atoms with E-state index < -0.39 is 0 Å². The standard InChI is InChI=1S/C23H20N2O3/c1-2-27-21-14-17(12-13-20(21)28-15-16-8-4-3-5-9-16)22-24-19-11-7-6-10-18(19)23(26)25-22/h3-14H,2,15H2,1H3,(H,24,25,26). The highest BCUT2D eigenvalue weighted by molar-refractivity contribution is 5.79. The van der Waals surface area contributed by atoms with Gasteiger partial charge >= 0.3 is 0 Å². The second-order valence-corrected chi connectivity index (χ2v) is 6.30. The van der Waals surface area contributed by atoms with Crippen LogP contribution in [-0.4, -0.2) is 16.6 Å². The van der Waals surface area contributed by atoms with Gasteiger partial charge in [-0.05, 0) is 42.8 Å². The number of benzene rings is 3. The molecule has 1 heterocycles. The van der Waals surface area contributed by atoms with Crippen LogP contribution in [0.1, 0.15) is 12.5 Å². The van der Waals surface area contributed by atoms with Crippen LogP contribution < -0.4 is 15.0 Å². The van der Waals surface area contributed by atoms with Gasteiger partial charge in [0.25, 0.3) is 5.56 Å². The summed E-state index contributed by atoms with van der Waals surface area (Å²) >= 11 is 0. The highest BCUT2D eigenvalue weighted by atomic mass is 16.5. The molecule has 0 unspecified atom stereocenters. The van der Waals surface area contributed by atoms with Crippen molar-refractivity contribution in [1.29, 1.82) is 0 Å². The normalized spacial score (nSPS) is 10.8. The molecule has 0 aliphatic rings. The first-order valence-electron chi connectivity index (χ1n) is 9.17. The molecule has 5 heteroatoms. The van der Waals surface area contributed by atoms with Gasteiger partial charge in [0, 0.05) is 5.56 Å². The van der Waals surface area contributed by atoms with E-state index in [4.69, 9.17) is 9.47 Å². The molecule has 1 aromatic heterocycles. The van der Waals surface area contributed by atoms with Crippen LogP contribution in [-0.2, 0) is 6.61 Å². The molecule has 4 aromatic rings. The van der Waals surface area contributed by atoms with Crippen LogP contribution in [0.25, 0.3) is 22.3 Å². The van der Waals surface area contributed by atoms with Crippen LogP contribution in [0.3, 0.4) is 0 Å². The zero-order valence-electron chi connectivity index (χ0n) is 15.5. The maximum atomic E-state index is 12.4. The van der Waals surface area contributed by atoms with Gasteiger partial charge in [0.15, 0.2) is 11.5 Å². The molecule has 4 rings (SSSR count). The van der Waals surface area contributed by atoms with Crippen LogP contribution in [0.4, 0.5) is 0 Å². The molecule has 0 radical (unpaired) electrons. The maximum Gasteiger partial charge on any atom is 0.259 e. The van der Waals surface area contributed by atoms with Gasteiger partial charge in [-0.2, -0.15) is 0 Å². The molecular formula is C23H20N2O3. The number of hydrogen-bond acceptors (Lipinski definition) is 4. The van der Waals surface area contributed by atoms with E-state index in [0.717, 1.165) is 11.1 Å². The number of nitrogens with one attached hydrogen (secondary N) is 1. The Morgan fingerprint density at radius 2 is 1.68 bits per heavy atom. The topological polar surface area (TPSA) is 64.2 Å². The van der Waals surface area contributed by atoms with E-state index in [1.165, 1.54) is 0 Å². The van der Waals surface area contributed by atoms with E-state index >= 15 is 0 Å². The number of nitrogens with zero attached hydrogens (tertiary/aromatic N) is 1. The second kappa shape index (κ2) is 7.96. The van der Waals surface area contributed by atoms with Gasteiger partial charge in [-0.1, -0.05) is 42.5 Å². The van der Waals surface area contributed by atoms with Crippen LogP contribution >= 0.6 is 0 Å². The van der Waals surface area contributed by atoms with Gasteiger partial charge in [0.2, 0.25) is 0 Å². The Morgan fingerprint density at radius 3 is 2.50 bits per heavy atom. The molecule has 0 saturated heterocycles. The van der Waals surface area contributed by atoms with Crippen LogP contribution in [0.5, 0.6) is 11.5 Å². The molecule has 0 atom stereocenters.